The molecular formula is C27H25ClN4O2. The van der Waals surface area contributed by atoms with E-state index >= 15 is 0 Å². The maximum Gasteiger partial charge on any atom is 0.260 e. The number of fused-ring (bicyclic) bond motifs is 1. The average Bonchev–Trinajstić information content (AvgIpc) is 2.89. The second kappa shape index (κ2) is 9.69. The van der Waals surface area contributed by atoms with Gasteiger partial charge in [0.15, 0.2) is 6.61 Å². The number of anilines is 1. The number of nitrogens with zero attached hydrogens (tertiary/aromatic N) is 4. The van der Waals surface area contributed by atoms with Gasteiger partial charge in [0.2, 0.25) is 0 Å². The van der Waals surface area contributed by atoms with Gasteiger partial charge in [-0.2, -0.15) is 0 Å². The van der Waals surface area contributed by atoms with Crippen LogP contribution >= 0.6 is 11.6 Å². The first-order valence-electron chi connectivity index (χ1n) is 11.3. The number of aryl methyl sites for hydroxylation is 1. The van der Waals surface area contributed by atoms with Crippen LogP contribution in [-0.2, 0) is 4.79 Å². The third-order valence-electron chi connectivity index (χ3n) is 6.11. The summed E-state index contributed by atoms with van der Waals surface area (Å²) >= 11 is 6.17. The molecule has 6 nitrogen and oxygen atoms in total. The highest BCUT2D eigenvalue weighted by Crippen LogP contribution is 2.26. The van der Waals surface area contributed by atoms with Gasteiger partial charge in [-0.3, -0.25) is 9.78 Å². The molecule has 1 aliphatic rings. The Bertz CT molecular complexity index is 1320. The Labute approximate surface area is 203 Å². The first kappa shape index (κ1) is 22.2. The van der Waals surface area contributed by atoms with Gasteiger partial charge < -0.3 is 14.5 Å². The minimum absolute atomic E-state index is 0.00746. The molecule has 2 heterocycles. The smallest absolute Gasteiger partial charge is 0.260 e. The molecule has 0 saturated carbocycles. The predicted molar refractivity (Wildman–Crippen MR) is 135 cm³/mol. The van der Waals surface area contributed by atoms with Crippen molar-refractivity contribution in [2.45, 2.75) is 6.92 Å². The number of para-hydroxylation sites is 2. The average molecular weight is 473 g/mol. The van der Waals surface area contributed by atoms with E-state index < -0.39 is 0 Å². The number of amides is 1. The zero-order chi connectivity index (χ0) is 23.5. The number of rotatable bonds is 5. The van der Waals surface area contributed by atoms with Crippen LogP contribution < -0.4 is 9.64 Å². The lowest BCUT2D eigenvalue weighted by Gasteiger charge is -2.36. The minimum Gasteiger partial charge on any atom is -0.484 e. The van der Waals surface area contributed by atoms with Crippen molar-refractivity contribution >= 4 is 34.2 Å². The van der Waals surface area contributed by atoms with E-state index in [1.165, 1.54) is 5.56 Å². The van der Waals surface area contributed by atoms with E-state index in [4.69, 9.17) is 16.3 Å². The van der Waals surface area contributed by atoms with Crippen molar-refractivity contribution in [2.24, 2.45) is 0 Å². The fraction of sp³-hybridized carbons (Fsp3) is 0.222. The van der Waals surface area contributed by atoms with Crippen LogP contribution in [0.1, 0.15) is 5.56 Å². The Morgan fingerprint density at radius 1 is 0.971 bits per heavy atom. The Morgan fingerprint density at radius 3 is 2.47 bits per heavy atom. The molecule has 1 aliphatic heterocycles. The van der Waals surface area contributed by atoms with Gasteiger partial charge in [0.1, 0.15) is 5.75 Å². The van der Waals surface area contributed by atoms with Crippen molar-refractivity contribution < 1.29 is 9.53 Å². The van der Waals surface area contributed by atoms with Gasteiger partial charge in [0.25, 0.3) is 5.91 Å². The van der Waals surface area contributed by atoms with E-state index in [1.807, 2.05) is 71.6 Å². The quantitative estimate of drug-likeness (QED) is 0.409. The third kappa shape index (κ3) is 4.82. The van der Waals surface area contributed by atoms with Crippen LogP contribution in [0, 0.1) is 6.92 Å². The van der Waals surface area contributed by atoms with E-state index in [2.05, 4.69) is 21.8 Å². The standard InChI is InChI=1S/C27H25ClN4O2/c1-19-6-9-21(28)16-26(19)31-12-14-32(15-13-31)27(33)18-34-22-10-7-20(8-11-22)25-17-29-23-4-2-3-5-24(23)30-25/h2-11,16-17H,12-15,18H2,1H3. The Hall–Kier alpha value is -3.64. The number of carbonyl (C=O) groups is 1. The summed E-state index contributed by atoms with van der Waals surface area (Å²) in [6.45, 7) is 4.96. The molecule has 0 bridgehead atoms. The lowest BCUT2D eigenvalue weighted by molar-refractivity contribution is -0.133. The van der Waals surface area contributed by atoms with Gasteiger partial charge in [-0.25, -0.2) is 4.98 Å². The molecule has 0 spiro atoms. The molecule has 3 aromatic carbocycles. The summed E-state index contributed by atoms with van der Waals surface area (Å²) in [6, 6.07) is 21.3. The monoisotopic (exact) mass is 472 g/mol. The largest absolute Gasteiger partial charge is 0.484 e. The van der Waals surface area contributed by atoms with Crippen molar-refractivity contribution in [3.05, 3.63) is 83.5 Å². The molecule has 1 fully saturated rings. The highest BCUT2D eigenvalue weighted by molar-refractivity contribution is 6.30. The SMILES string of the molecule is Cc1ccc(Cl)cc1N1CCN(C(=O)COc2ccc(-c3cnc4ccccc4n3)cc2)CC1. The molecule has 0 atom stereocenters. The summed E-state index contributed by atoms with van der Waals surface area (Å²) in [5.74, 6) is 0.644. The maximum atomic E-state index is 12.7. The summed E-state index contributed by atoms with van der Waals surface area (Å²) in [6.07, 6.45) is 1.77. The Morgan fingerprint density at radius 2 is 1.71 bits per heavy atom. The summed E-state index contributed by atoms with van der Waals surface area (Å²) in [5, 5.41) is 0.728. The zero-order valence-electron chi connectivity index (χ0n) is 18.9. The number of aromatic nitrogens is 2. The van der Waals surface area contributed by atoms with Crippen molar-refractivity contribution in [3.63, 3.8) is 0 Å². The van der Waals surface area contributed by atoms with Crippen LogP contribution in [0.4, 0.5) is 5.69 Å². The van der Waals surface area contributed by atoms with Gasteiger partial charge in [-0.05, 0) is 61.0 Å². The van der Waals surface area contributed by atoms with Gasteiger partial charge in [0.05, 0.1) is 22.9 Å². The van der Waals surface area contributed by atoms with Crippen molar-refractivity contribution in [2.75, 3.05) is 37.7 Å². The molecule has 0 radical (unpaired) electrons. The maximum absolute atomic E-state index is 12.7. The van der Waals surface area contributed by atoms with E-state index in [0.29, 0.717) is 18.8 Å². The Balaban J connectivity index is 1.15. The van der Waals surface area contributed by atoms with Gasteiger partial charge in [0, 0.05) is 42.5 Å². The number of ether oxygens (including phenoxy) is 1. The van der Waals surface area contributed by atoms with Crippen LogP contribution in [-0.4, -0.2) is 53.6 Å². The molecule has 0 N–H and O–H groups in total. The second-order valence-electron chi connectivity index (χ2n) is 8.36. The van der Waals surface area contributed by atoms with Crippen LogP contribution in [0.2, 0.25) is 5.02 Å². The molecule has 0 unspecified atom stereocenters. The summed E-state index contributed by atoms with van der Waals surface area (Å²) < 4.78 is 5.77. The number of benzene rings is 3. The fourth-order valence-corrected chi connectivity index (χ4v) is 4.34. The molecule has 172 valence electrons. The lowest BCUT2D eigenvalue weighted by atomic mass is 10.1. The summed E-state index contributed by atoms with van der Waals surface area (Å²) in [7, 11) is 0. The summed E-state index contributed by atoms with van der Waals surface area (Å²) in [4.78, 5) is 26.0. The normalized spacial score (nSPS) is 13.8. The number of hydrogen-bond donors (Lipinski definition) is 0. The second-order valence-corrected chi connectivity index (χ2v) is 8.79. The van der Waals surface area contributed by atoms with Crippen molar-refractivity contribution in [1.82, 2.24) is 14.9 Å². The first-order valence-corrected chi connectivity index (χ1v) is 11.7. The number of hydrogen-bond acceptors (Lipinski definition) is 5. The molecule has 5 rings (SSSR count). The third-order valence-corrected chi connectivity index (χ3v) is 6.34. The van der Waals surface area contributed by atoms with Gasteiger partial charge in [-0.1, -0.05) is 29.8 Å². The van der Waals surface area contributed by atoms with E-state index in [0.717, 1.165) is 46.1 Å². The molecule has 1 amide bonds. The number of carbonyl (C=O) groups excluding carboxylic acids is 1. The van der Waals surface area contributed by atoms with Crippen molar-refractivity contribution in [1.29, 1.82) is 0 Å². The lowest BCUT2D eigenvalue weighted by Crippen LogP contribution is -2.50. The van der Waals surface area contributed by atoms with E-state index in [1.54, 1.807) is 6.20 Å². The molecule has 1 saturated heterocycles. The number of piperazine rings is 1. The molecule has 0 aliphatic carbocycles. The first-order chi connectivity index (χ1) is 16.6. The highest BCUT2D eigenvalue weighted by atomic mass is 35.5. The Kier molecular flexibility index (Phi) is 6.32. The van der Waals surface area contributed by atoms with Gasteiger partial charge in [-0.15, -0.1) is 0 Å². The van der Waals surface area contributed by atoms with Crippen LogP contribution in [0.15, 0.2) is 72.9 Å². The number of halogens is 1. The summed E-state index contributed by atoms with van der Waals surface area (Å²) in [5.41, 5.74) is 5.79. The highest BCUT2D eigenvalue weighted by Gasteiger charge is 2.22. The predicted octanol–water partition coefficient (Wildman–Crippen LogP) is 4.99. The molecular weight excluding hydrogens is 448 g/mol. The molecule has 1 aromatic heterocycles. The van der Waals surface area contributed by atoms with E-state index in [-0.39, 0.29) is 12.5 Å². The molecule has 34 heavy (non-hydrogen) atoms. The minimum atomic E-state index is -0.00746. The van der Waals surface area contributed by atoms with Crippen LogP contribution in [0.5, 0.6) is 5.75 Å². The van der Waals surface area contributed by atoms with Gasteiger partial charge >= 0.3 is 0 Å². The van der Waals surface area contributed by atoms with Crippen LogP contribution in [0.25, 0.3) is 22.3 Å². The van der Waals surface area contributed by atoms with E-state index in [9.17, 15) is 4.79 Å². The zero-order valence-corrected chi connectivity index (χ0v) is 19.7. The molecule has 7 heteroatoms. The van der Waals surface area contributed by atoms with Crippen molar-refractivity contribution in [3.8, 4) is 17.0 Å². The van der Waals surface area contributed by atoms with Crippen LogP contribution in [0.3, 0.4) is 0 Å². The fourth-order valence-electron chi connectivity index (χ4n) is 4.17. The molecule has 4 aromatic rings. The topological polar surface area (TPSA) is 58.6 Å².